The Labute approximate surface area is 102 Å². The van der Waals surface area contributed by atoms with Crippen LogP contribution in [0, 0.1) is 0 Å². The fourth-order valence-electron chi connectivity index (χ4n) is 1.85. The number of ether oxygens (including phenoxy) is 1. The molecule has 1 aliphatic carbocycles. The van der Waals surface area contributed by atoms with Gasteiger partial charge in [-0.3, -0.25) is 0 Å². The van der Waals surface area contributed by atoms with Gasteiger partial charge in [0, 0.05) is 5.56 Å². The molecule has 0 heterocycles. The molecule has 0 spiro atoms. The Morgan fingerprint density at radius 1 is 1.24 bits per heavy atom. The Balaban J connectivity index is 2.31. The van der Waals surface area contributed by atoms with E-state index in [2.05, 4.69) is 4.74 Å². The van der Waals surface area contributed by atoms with Crippen molar-refractivity contribution in [3.63, 3.8) is 0 Å². The SMILES string of the molecule is FC(F)(F)Oc1ccccc1C1=CC(Cl)CC1. The van der Waals surface area contributed by atoms with Gasteiger partial charge < -0.3 is 4.74 Å². The quantitative estimate of drug-likeness (QED) is 0.719. The largest absolute Gasteiger partial charge is 0.573 e. The smallest absolute Gasteiger partial charge is 0.405 e. The third-order valence-corrected chi connectivity index (χ3v) is 2.87. The van der Waals surface area contributed by atoms with Gasteiger partial charge in [-0.25, -0.2) is 0 Å². The van der Waals surface area contributed by atoms with Crippen molar-refractivity contribution in [2.45, 2.75) is 24.6 Å². The third-order valence-electron chi connectivity index (χ3n) is 2.53. The number of halogens is 4. The monoisotopic (exact) mass is 262 g/mol. The van der Waals surface area contributed by atoms with Gasteiger partial charge in [-0.15, -0.1) is 24.8 Å². The van der Waals surface area contributed by atoms with Gasteiger partial charge in [-0.05, 0) is 24.5 Å². The second kappa shape index (κ2) is 4.61. The van der Waals surface area contributed by atoms with Crippen LogP contribution in [0.1, 0.15) is 18.4 Å². The molecule has 2 rings (SSSR count). The standard InChI is InChI=1S/C12H10ClF3O/c13-9-6-5-8(7-9)10-3-1-2-4-11(10)17-12(14,15)16/h1-4,7,9H,5-6H2. The predicted octanol–water partition coefficient (Wildman–Crippen LogP) is 4.37. The van der Waals surface area contributed by atoms with Gasteiger partial charge in [-0.2, -0.15) is 0 Å². The van der Waals surface area contributed by atoms with E-state index in [0.29, 0.717) is 12.0 Å². The highest BCUT2D eigenvalue weighted by atomic mass is 35.5. The number of allylic oxidation sites excluding steroid dienone is 2. The van der Waals surface area contributed by atoms with E-state index in [0.717, 1.165) is 12.0 Å². The average Bonchev–Trinajstić information content (AvgIpc) is 2.63. The van der Waals surface area contributed by atoms with Gasteiger partial charge in [0.2, 0.25) is 0 Å². The zero-order valence-corrected chi connectivity index (χ0v) is 9.55. The van der Waals surface area contributed by atoms with E-state index >= 15 is 0 Å². The zero-order chi connectivity index (χ0) is 12.5. The highest BCUT2D eigenvalue weighted by Gasteiger charge is 2.32. The van der Waals surface area contributed by atoms with Crippen molar-refractivity contribution in [2.24, 2.45) is 0 Å². The molecule has 0 amide bonds. The van der Waals surface area contributed by atoms with E-state index in [-0.39, 0.29) is 11.1 Å². The Bertz CT molecular complexity index is 440. The Kier molecular flexibility index (Phi) is 3.33. The van der Waals surface area contributed by atoms with Crippen molar-refractivity contribution in [1.29, 1.82) is 0 Å². The summed E-state index contributed by atoms with van der Waals surface area (Å²) in [4.78, 5) is 0. The summed E-state index contributed by atoms with van der Waals surface area (Å²) in [6, 6.07) is 6.12. The first kappa shape index (κ1) is 12.3. The molecule has 5 heteroatoms. The van der Waals surface area contributed by atoms with E-state index in [1.54, 1.807) is 18.2 Å². The van der Waals surface area contributed by atoms with Crippen molar-refractivity contribution in [1.82, 2.24) is 0 Å². The van der Waals surface area contributed by atoms with E-state index in [1.807, 2.05) is 0 Å². The lowest BCUT2D eigenvalue weighted by molar-refractivity contribution is -0.274. The van der Waals surface area contributed by atoms with E-state index in [1.165, 1.54) is 12.1 Å². The zero-order valence-electron chi connectivity index (χ0n) is 8.80. The van der Waals surface area contributed by atoms with Crippen LogP contribution in [0.4, 0.5) is 13.2 Å². The van der Waals surface area contributed by atoms with Crippen LogP contribution >= 0.6 is 11.6 Å². The molecule has 1 nitrogen and oxygen atoms in total. The maximum absolute atomic E-state index is 12.2. The second-order valence-corrected chi connectivity index (χ2v) is 4.35. The van der Waals surface area contributed by atoms with Gasteiger partial charge in [0.25, 0.3) is 0 Å². The van der Waals surface area contributed by atoms with Crippen molar-refractivity contribution in [3.8, 4) is 5.75 Å². The number of benzene rings is 1. The molecule has 1 aromatic rings. The number of hydrogen-bond donors (Lipinski definition) is 0. The van der Waals surface area contributed by atoms with Crippen LogP contribution in [-0.2, 0) is 0 Å². The van der Waals surface area contributed by atoms with Gasteiger partial charge >= 0.3 is 6.36 Å². The summed E-state index contributed by atoms with van der Waals surface area (Å²) >= 11 is 5.90. The molecular formula is C12H10ClF3O. The first-order valence-corrected chi connectivity index (χ1v) is 5.59. The van der Waals surface area contributed by atoms with Gasteiger partial charge in [0.15, 0.2) is 0 Å². The summed E-state index contributed by atoms with van der Waals surface area (Å²) < 4.78 is 40.6. The molecule has 0 saturated heterocycles. The molecule has 0 aliphatic heterocycles. The maximum Gasteiger partial charge on any atom is 0.573 e. The fourth-order valence-corrected chi connectivity index (χ4v) is 2.11. The highest BCUT2D eigenvalue weighted by molar-refractivity contribution is 6.22. The number of hydrogen-bond acceptors (Lipinski definition) is 1. The van der Waals surface area contributed by atoms with Crippen LogP contribution in [0.3, 0.4) is 0 Å². The van der Waals surface area contributed by atoms with E-state index in [9.17, 15) is 13.2 Å². The van der Waals surface area contributed by atoms with Gasteiger partial charge in [0.05, 0.1) is 5.38 Å². The minimum Gasteiger partial charge on any atom is -0.405 e. The minimum atomic E-state index is -4.67. The normalized spacial score (nSPS) is 20.2. The van der Waals surface area contributed by atoms with Gasteiger partial charge in [-0.1, -0.05) is 24.3 Å². The van der Waals surface area contributed by atoms with Gasteiger partial charge in [0.1, 0.15) is 5.75 Å². The lowest BCUT2D eigenvalue weighted by Gasteiger charge is -2.13. The Morgan fingerprint density at radius 2 is 1.94 bits per heavy atom. The Hall–Kier alpha value is -1.16. The average molecular weight is 263 g/mol. The first-order valence-electron chi connectivity index (χ1n) is 5.15. The van der Waals surface area contributed by atoms with Crippen molar-refractivity contribution in [2.75, 3.05) is 0 Å². The summed E-state index contributed by atoms with van der Waals surface area (Å²) in [6.07, 6.45) is -1.47. The maximum atomic E-state index is 12.2. The van der Waals surface area contributed by atoms with Crippen LogP contribution in [0.25, 0.3) is 5.57 Å². The Morgan fingerprint density at radius 3 is 2.53 bits per heavy atom. The summed E-state index contributed by atoms with van der Waals surface area (Å²) in [6.45, 7) is 0. The lowest BCUT2D eigenvalue weighted by Crippen LogP contribution is -2.17. The van der Waals surface area contributed by atoms with Crippen molar-refractivity contribution in [3.05, 3.63) is 35.9 Å². The second-order valence-electron chi connectivity index (χ2n) is 3.79. The van der Waals surface area contributed by atoms with Crippen molar-refractivity contribution >= 4 is 17.2 Å². The number of para-hydroxylation sites is 1. The summed E-state index contributed by atoms with van der Waals surface area (Å²) in [5, 5.41) is -0.107. The third kappa shape index (κ3) is 3.16. The molecular weight excluding hydrogens is 253 g/mol. The lowest BCUT2D eigenvalue weighted by atomic mass is 10.0. The first-order chi connectivity index (χ1) is 7.96. The molecule has 0 bridgehead atoms. The molecule has 0 fully saturated rings. The number of rotatable bonds is 2. The molecule has 1 unspecified atom stereocenters. The van der Waals surface area contributed by atoms with Crippen LogP contribution in [0.2, 0.25) is 0 Å². The highest BCUT2D eigenvalue weighted by Crippen LogP contribution is 2.37. The molecule has 0 saturated carbocycles. The van der Waals surface area contributed by atoms with Crippen LogP contribution in [0.15, 0.2) is 30.3 Å². The molecule has 0 aromatic heterocycles. The number of alkyl halides is 4. The van der Waals surface area contributed by atoms with E-state index in [4.69, 9.17) is 11.6 Å². The molecule has 1 aromatic carbocycles. The van der Waals surface area contributed by atoms with Crippen molar-refractivity contribution < 1.29 is 17.9 Å². The molecule has 1 aliphatic rings. The molecule has 17 heavy (non-hydrogen) atoms. The van der Waals surface area contributed by atoms with E-state index < -0.39 is 6.36 Å². The summed E-state index contributed by atoms with van der Waals surface area (Å²) in [7, 11) is 0. The molecule has 0 radical (unpaired) electrons. The van der Waals surface area contributed by atoms with Crippen LogP contribution in [-0.4, -0.2) is 11.7 Å². The minimum absolute atomic E-state index is 0.107. The predicted molar refractivity (Wildman–Crippen MR) is 60.0 cm³/mol. The molecule has 0 N–H and O–H groups in total. The fraction of sp³-hybridized carbons (Fsp3) is 0.333. The topological polar surface area (TPSA) is 9.23 Å². The van der Waals surface area contributed by atoms with Crippen LogP contribution < -0.4 is 4.74 Å². The molecule has 1 atom stereocenters. The van der Waals surface area contributed by atoms with Crippen LogP contribution in [0.5, 0.6) is 5.75 Å². The summed E-state index contributed by atoms with van der Waals surface area (Å²) in [5.41, 5.74) is 1.28. The molecule has 92 valence electrons. The summed E-state index contributed by atoms with van der Waals surface area (Å²) in [5.74, 6) is -0.169.